The van der Waals surface area contributed by atoms with E-state index in [9.17, 15) is 13.2 Å². The molecule has 0 saturated heterocycles. The molecule has 2 heterocycles. The average Bonchev–Trinajstić information content (AvgIpc) is 3.18. The molecule has 1 aliphatic heterocycles. The average molecular weight is 401 g/mol. The smallest absolute Gasteiger partial charge is 0.264 e. The Morgan fingerprint density at radius 1 is 1.14 bits per heavy atom. The minimum Gasteiger partial charge on any atom is -0.465 e. The zero-order valence-electron chi connectivity index (χ0n) is 16.1. The molecule has 0 unspecified atom stereocenters. The monoisotopic (exact) mass is 401 g/mol. The van der Waals surface area contributed by atoms with Gasteiger partial charge in [-0.2, -0.15) is 0 Å². The lowest BCUT2D eigenvalue weighted by Gasteiger charge is -2.04. The van der Waals surface area contributed by atoms with Crippen molar-refractivity contribution >= 4 is 26.7 Å². The molecule has 1 amide bonds. The van der Waals surface area contributed by atoms with Gasteiger partial charge in [-0.05, 0) is 38.0 Å². The highest BCUT2D eigenvalue weighted by Gasteiger charge is 2.34. The highest BCUT2D eigenvalue weighted by atomic mass is 32.2. The van der Waals surface area contributed by atoms with Crippen LogP contribution in [0.4, 0.5) is 0 Å². The van der Waals surface area contributed by atoms with Crippen molar-refractivity contribution in [2.24, 2.45) is 4.99 Å². The minimum atomic E-state index is -3.71. The summed E-state index contributed by atoms with van der Waals surface area (Å²) in [5.41, 5.74) is 2.24. The molecular formula is C20H23N3O4S. The summed E-state index contributed by atoms with van der Waals surface area (Å²) in [5.74, 6) is 1.32. The SMILES string of the molecule is CCC1=C(c2ccc(C)cc2)S(=O)(=O)NC1=NCC(=O)NCc1ccc(C)o1. The van der Waals surface area contributed by atoms with Crippen molar-refractivity contribution in [2.45, 2.75) is 33.7 Å². The van der Waals surface area contributed by atoms with E-state index in [1.54, 1.807) is 18.2 Å². The first kappa shape index (κ1) is 19.9. The van der Waals surface area contributed by atoms with Crippen molar-refractivity contribution in [1.82, 2.24) is 10.0 Å². The molecule has 148 valence electrons. The number of carbonyl (C=O) groups is 1. The first-order valence-corrected chi connectivity index (χ1v) is 10.5. The maximum Gasteiger partial charge on any atom is 0.264 e. The molecule has 2 aromatic rings. The Hall–Kier alpha value is -2.87. The van der Waals surface area contributed by atoms with Crippen LogP contribution in [-0.4, -0.2) is 26.7 Å². The summed E-state index contributed by atoms with van der Waals surface area (Å²) >= 11 is 0. The van der Waals surface area contributed by atoms with Gasteiger partial charge in [0.1, 0.15) is 28.8 Å². The van der Waals surface area contributed by atoms with Gasteiger partial charge < -0.3 is 9.73 Å². The van der Waals surface area contributed by atoms with E-state index >= 15 is 0 Å². The van der Waals surface area contributed by atoms with Gasteiger partial charge in [-0.3, -0.25) is 14.5 Å². The highest BCUT2D eigenvalue weighted by molar-refractivity contribution is 8.00. The van der Waals surface area contributed by atoms with Gasteiger partial charge in [0.15, 0.2) is 0 Å². The van der Waals surface area contributed by atoms with Crippen LogP contribution in [0.15, 0.2) is 51.4 Å². The van der Waals surface area contributed by atoms with E-state index in [-0.39, 0.29) is 29.7 Å². The number of hydrogen-bond donors (Lipinski definition) is 2. The zero-order chi connectivity index (χ0) is 20.3. The van der Waals surface area contributed by atoms with E-state index < -0.39 is 10.0 Å². The first-order chi connectivity index (χ1) is 13.3. The van der Waals surface area contributed by atoms with Gasteiger partial charge >= 0.3 is 0 Å². The Balaban J connectivity index is 1.77. The number of amides is 1. The van der Waals surface area contributed by atoms with Crippen LogP contribution in [-0.2, 0) is 21.4 Å². The molecule has 0 atom stereocenters. The molecular weight excluding hydrogens is 378 g/mol. The molecule has 0 fully saturated rings. The standard InChI is InChI=1S/C20H23N3O4S/c1-4-17-19(15-8-5-13(2)6-9-15)28(25,26)23-20(17)22-12-18(24)21-11-16-10-7-14(3)27-16/h5-10H,4,11-12H2,1-3H3,(H,21,24)(H,22,23). The molecule has 2 N–H and O–H groups in total. The fraction of sp³-hybridized carbons (Fsp3) is 0.300. The van der Waals surface area contributed by atoms with E-state index in [4.69, 9.17) is 4.42 Å². The van der Waals surface area contributed by atoms with Crippen LogP contribution >= 0.6 is 0 Å². The number of furan rings is 1. The van der Waals surface area contributed by atoms with Gasteiger partial charge in [0, 0.05) is 5.57 Å². The van der Waals surface area contributed by atoms with Crippen molar-refractivity contribution in [3.8, 4) is 0 Å². The van der Waals surface area contributed by atoms with E-state index in [1.165, 1.54) is 0 Å². The molecule has 7 nitrogen and oxygen atoms in total. The summed E-state index contributed by atoms with van der Waals surface area (Å²) in [6.07, 6.45) is 0.474. The molecule has 8 heteroatoms. The minimum absolute atomic E-state index is 0.178. The van der Waals surface area contributed by atoms with E-state index in [0.717, 1.165) is 11.3 Å². The molecule has 0 spiro atoms. The van der Waals surface area contributed by atoms with E-state index in [1.807, 2.05) is 39.0 Å². The number of benzene rings is 1. The van der Waals surface area contributed by atoms with Crippen molar-refractivity contribution in [2.75, 3.05) is 6.54 Å². The van der Waals surface area contributed by atoms with Crippen molar-refractivity contribution in [3.05, 3.63) is 64.6 Å². The number of rotatable bonds is 6. The predicted molar refractivity (Wildman–Crippen MR) is 108 cm³/mol. The Labute approximate surface area is 164 Å². The Bertz CT molecular complexity index is 1050. The van der Waals surface area contributed by atoms with Gasteiger partial charge in [-0.1, -0.05) is 36.8 Å². The third-order valence-electron chi connectivity index (χ3n) is 4.36. The Morgan fingerprint density at radius 2 is 1.86 bits per heavy atom. The third kappa shape index (κ3) is 4.33. The second-order valence-electron chi connectivity index (χ2n) is 6.59. The molecule has 0 radical (unpaired) electrons. The number of carbonyl (C=O) groups excluding carboxylic acids is 1. The lowest BCUT2D eigenvalue weighted by atomic mass is 10.1. The van der Waals surface area contributed by atoms with Gasteiger partial charge in [-0.25, -0.2) is 8.42 Å². The number of hydrogen-bond acceptors (Lipinski definition) is 5. The lowest BCUT2D eigenvalue weighted by molar-refractivity contribution is -0.119. The number of nitrogens with zero attached hydrogens (tertiary/aromatic N) is 1. The van der Waals surface area contributed by atoms with Crippen LogP contribution in [0.25, 0.3) is 4.91 Å². The van der Waals surface area contributed by atoms with Gasteiger partial charge in [-0.15, -0.1) is 0 Å². The maximum absolute atomic E-state index is 12.6. The number of sulfonamides is 1. The second kappa shape index (κ2) is 8.02. The molecule has 28 heavy (non-hydrogen) atoms. The zero-order valence-corrected chi connectivity index (χ0v) is 16.9. The second-order valence-corrected chi connectivity index (χ2v) is 8.21. The molecule has 1 aliphatic rings. The van der Waals surface area contributed by atoms with Crippen LogP contribution in [0.2, 0.25) is 0 Å². The molecule has 1 aromatic heterocycles. The van der Waals surface area contributed by atoms with Gasteiger partial charge in [0.25, 0.3) is 10.0 Å². The van der Waals surface area contributed by atoms with Crippen LogP contribution in [0.3, 0.4) is 0 Å². The summed E-state index contributed by atoms with van der Waals surface area (Å²) < 4.78 is 33.1. The van der Waals surface area contributed by atoms with Gasteiger partial charge in [0.05, 0.1) is 6.54 Å². The fourth-order valence-corrected chi connectivity index (χ4v) is 4.53. The molecule has 0 saturated carbocycles. The predicted octanol–water partition coefficient (Wildman–Crippen LogP) is 2.67. The highest BCUT2D eigenvalue weighted by Crippen LogP contribution is 2.31. The summed E-state index contributed by atoms with van der Waals surface area (Å²) in [6, 6.07) is 10.9. The Morgan fingerprint density at radius 3 is 2.46 bits per heavy atom. The number of aliphatic imine (C=N–C) groups is 1. The largest absolute Gasteiger partial charge is 0.465 e. The van der Waals surface area contributed by atoms with Gasteiger partial charge in [0.2, 0.25) is 5.91 Å². The van der Waals surface area contributed by atoms with Crippen molar-refractivity contribution < 1.29 is 17.6 Å². The summed E-state index contributed by atoms with van der Waals surface area (Å²) in [5, 5.41) is 2.71. The fourth-order valence-electron chi connectivity index (χ4n) is 2.97. The number of amidine groups is 1. The van der Waals surface area contributed by atoms with Crippen LogP contribution in [0.5, 0.6) is 0 Å². The molecule has 0 aliphatic carbocycles. The normalized spacial score (nSPS) is 17.0. The van der Waals surface area contributed by atoms with Crippen LogP contribution in [0.1, 0.15) is 36.0 Å². The molecule has 3 rings (SSSR count). The quantitative estimate of drug-likeness (QED) is 0.777. The summed E-state index contributed by atoms with van der Waals surface area (Å²) in [6.45, 7) is 5.71. The topological polar surface area (TPSA) is 101 Å². The number of nitrogens with one attached hydrogen (secondary N) is 2. The first-order valence-electron chi connectivity index (χ1n) is 9.00. The van der Waals surface area contributed by atoms with E-state index in [2.05, 4.69) is 15.0 Å². The maximum atomic E-state index is 12.6. The summed E-state index contributed by atoms with van der Waals surface area (Å²) in [4.78, 5) is 16.5. The third-order valence-corrected chi connectivity index (χ3v) is 5.85. The van der Waals surface area contributed by atoms with Crippen molar-refractivity contribution in [3.63, 3.8) is 0 Å². The lowest BCUT2D eigenvalue weighted by Crippen LogP contribution is -2.28. The Kier molecular flexibility index (Phi) is 5.69. The van der Waals surface area contributed by atoms with E-state index in [0.29, 0.717) is 23.3 Å². The van der Waals surface area contributed by atoms with Crippen LogP contribution in [0, 0.1) is 13.8 Å². The number of aryl methyl sites for hydroxylation is 2. The molecule has 0 bridgehead atoms. The van der Waals surface area contributed by atoms with Crippen LogP contribution < -0.4 is 10.0 Å². The van der Waals surface area contributed by atoms with Crippen molar-refractivity contribution in [1.29, 1.82) is 0 Å². The molecule has 1 aromatic carbocycles. The summed E-state index contributed by atoms with van der Waals surface area (Å²) in [7, 11) is -3.71.